The van der Waals surface area contributed by atoms with Gasteiger partial charge >= 0.3 is 17.9 Å². The number of hydrogen-bond acceptors (Lipinski definition) is 6. The first-order valence-corrected chi connectivity index (χ1v) is 31.2. The number of unbranched alkanes of at least 4 members (excludes halogenated alkanes) is 42. The first-order valence-electron chi connectivity index (χ1n) is 31.2. The van der Waals surface area contributed by atoms with Crippen molar-refractivity contribution in [1.29, 1.82) is 0 Å². The number of carbonyl (C=O) groups excluding carboxylic acids is 3. The Balaban J connectivity index is 4.28. The van der Waals surface area contributed by atoms with Gasteiger partial charge in [0.15, 0.2) is 6.10 Å². The van der Waals surface area contributed by atoms with Crippen LogP contribution in [-0.4, -0.2) is 37.2 Å². The Morgan fingerprint density at radius 3 is 0.710 bits per heavy atom. The highest BCUT2D eigenvalue weighted by Crippen LogP contribution is 2.19. The van der Waals surface area contributed by atoms with E-state index in [9.17, 15) is 14.4 Å². The van der Waals surface area contributed by atoms with Gasteiger partial charge < -0.3 is 14.2 Å². The molecule has 0 radical (unpaired) electrons. The summed E-state index contributed by atoms with van der Waals surface area (Å²) in [6.07, 6.45) is 61.0. The molecule has 0 unspecified atom stereocenters. The lowest BCUT2D eigenvalue weighted by Crippen LogP contribution is -2.30. The third-order valence-electron chi connectivity index (χ3n) is 14.5. The minimum absolute atomic E-state index is 0.0620. The Morgan fingerprint density at radius 2 is 0.478 bits per heavy atom. The zero-order valence-corrected chi connectivity index (χ0v) is 47.5. The van der Waals surface area contributed by atoms with Gasteiger partial charge in [-0.05, 0) is 31.1 Å². The largest absolute Gasteiger partial charge is 0.462 e. The highest BCUT2D eigenvalue weighted by molar-refractivity contribution is 5.71. The molecule has 410 valence electrons. The zero-order chi connectivity index (χ0) is 50.4. The van der Waals surface area contributed by atoms with E-state index in [0.717, 1.165) is 69.6 Å². The summed E-state index contributed by atoms with van der Waals surface area (Å²) in [6.45, 7) is 11.4. The maximum atomic E-state index is 12.9. The summed E-state index contributed by atoms with van der Waals surface area (Å²) in [5.41, 5.74) is 0. The van der Waals surface area contributed by atoms with Gasteiger partial charge in [0.05, 0.1) is 0 Å². The van der Waals surface area contributed by atoms with Crippen LogP contribution in [0.25, 0.3) is 0 Å². The molecule has 0 aliphatic rings. The summed E-state index contributed by atoms with van der Waals surface area (Å²) in [5, 5.41) is 0. The van der Waals surface area contributed by atoms with Crippen LogP contribution in [0.3, 0.4) is 0 Å². The molecular formula is C63H122O6. The highest BCUT2D eigenvalue weighted by Gasteiger charge is 2.19. The van der Waals surface area contributed by atoms with E-state index in [0.29, 0.717) is 19.3 Å². The molecule has 0 saturated heterocycles. The summed E-state index contributed by atoms with van der Waals surface area (Å²) in [7, 11) is 0. The molecule has 6 nitrogen and oxygen atoms in total. The van der Waals surface area contributed by atoms with E-state index in [2.05, 4.69) is 34.6 Å². The summed E-state index contributed by atoms with van der Waals surface area (Å²) in [4.78, 5) is 38.3. The normalized spacial score (nSPS) is 12.0. The molecule has 0 rings (SSSR count). The smallest absolute Gasteiger partial charge is 0.306 e. The van der Waals surface area contributed by atoms with E-state index in [1.165, 1.54) is 244 Å². The lowest BCUT2D eigenvalue weighted by Gasteiger charge is -2.18. The van der Waals surface area contributed by atoms with Crippen LogP contribution in [0.5, 0.6) is 0 Å². The molecule has 0 aromatic heterocycles. The second kappa shape index (κ2) is 55.7. The van der Waals surface area contributed by atoms with Crippen LogP contribution in [0, 0.1) is 11.8 Å². The lowest BCUT2D eigenvalue weighted by atomic mass is 10.0. The monoisotopic (exact) mass is 975 g/mol. The fraction of sp³-hybridized carbons (Fsp3) is 0.952. The van der Waals surface area contributed by atoms with Crippen LogP contribution in [-0.2, 0) is 28.6 Å². The van der Waals surface area contributed by atoms with E-state index < -0.39 is 6.10 Å². The van der Waals surface area contributed by atoms with Crippen LogP contribution in [0.15, 0.2) is 0 Å². The van der Waals surface area contributed by atoms with Crippen molar-refractivity contribution in [3.8, 4) is 0 Å². The predicted molar refractivity (Wildman–Crippen MR) is 298 cm³/mol. The Morgan fingerprint density at radius 1 is 0.275 bits per heavy atom. The van der Waals surface area contributed by atoms with Crippen molar-refractivity contribution in [1.82, 2.24) is 0 Å². The van der Waals surface area contributed by atoms with Gasteiger partial charge in [-0.25, -0.2) is 0 Å². The molecular weight excluding hydrogens is 853 g/mol. The summed E-state index contributed by atoms with van der Waals surface area (Å²) < 4.78 is 16.9. The zero-order valence-electron chi connectivity index (χ0n) is 47.5. The van der Waals surface area contributed by atoms with E-state index in [-0.39, 0.29) is 31.1 Å². The van der Waals surface area contributed by atoms with Crippen molar-refractivity contribution >= 4 is 17.9 Å². The van der Waals surface area contributed by atoms with Crippen molar-refractivity contribution in [2.75, 3.05) is 13.2 Å². The maximum absolute atomic E-state index is 12.9. The number of hydrogen-bond donors (Lipinski definition) is 0. The fourth-order valence-electron chi connectivity index (χ4n) is 9.76. The SMILES string of the molecule is CCCCCCCCCCCCCCCCCCC(=O)O[C@H](COC(=O)CCCCCCCCCCCCCCCCCCC(C)C)COC(=O)CCCCCCCCCCCCCCCC(C)C. The average Bonchev–Trinajstić information content (AvgIpc) is 3.32. The van der Waals surface area contributed by atoms with Crippen LogP contribution in [0.4, 0.5) is 0 Å². The van der Waals surface area contributed by atoms with Gasteiger partial charge in [0.2, 0.25) is 0 Å². The van der Waals surface area contributed by atoms with Crippen molar-refractivity contribution in [2.45, 2.75) is 362 Å². The molecule has 0 aliphatic heterocycles. The Bertz CT molecular complexity index is 1060. The van der Waals surface area contributed by atoms with Crippen LogP contribution in [0.1, 0.15) is 356 Å². The van der Waals surface area contributed by atoms with Gasteiger partial charge in [-0.3, -0.25) is 14.4 Å². The van der Waals surface area contributed by atoms with Crippen LogP contribution < -0.4 is 0 Å². The Kier molecular flexibility index (Phi) is 54.4. The molecule has 6 heteroatoms. The minimum atomic E-state index is -0.763. The molecule has 0 amide bonds. The van der Waals surface area contributed by atoms with E-state index in [1.807, 2.05) is 0 Å². The first kappa shape index (κ1) is 67.4. The molecule has 0 spiro atoms. The summed E-state index contributed by atoms with van der Waals surface area (Å²) >= 11 is 0. The van der Waals surface area contributed by atoms with Gasteiger partial charge in [-0.2, -0.15) is 0 Å². The lowest BCUT2D eigenvalue weighted by molar-refractivity contribution is -0.167. The quantitative estimate of drug-likeness (QED) is 0.0343. The van der Waals surface area contributed by atoms with E-state index in [1.54, 1.807) is 0 Å². The second-order valence-corrected chi connectivity index (χ2v) is 22.6. The van der Waals surface area contributed by atoms with Gasteiger partial charge in [0.25, 0.3) is 0 Å². The fourth-order valence-corrected chi connectivity index (χ4v) is 9.76. The molecule has 0 fully saturated rings. The maximum Gasteiger partial charge on any atom is 0.306 e. The number of rotatable bonds is 57. The molecule has 0 saturated carbocycles. The highest BCUT2D eigenvalue weighted by atomic mass is 16.6. The van der Waals surface area contributed by atoms with Gasteiger partial charge in [-0.1, -0.05) is 317 Å². The minimum Gasteiger partial charge on any atom is -0.462 e. The third-order valence-corrected chi connectivity index (χ3v) is 14.5. The van der Waals surface area contributed by atoms with Crippen molar-refractivity contribution in [3.05, 3.63) is 0 Å². The molecule has 0 heterocycles. The standard InChI is InChI=1S/C63H122O6/c1-6-7-8-9-10-11-12-13-14-18-24-30-35-40-45-50-55-63(66)69-60(57-68-62(65)54-49-44-39-34-29-25-20-22-27-32-37-42-47-52-59(4)5)56-67-61(64)53-48-43-38-33-28-23-19-16-15-17-21-26-31-36-41-46-51-58(2)3/h58-60H,6-57H2,1-5H3/t60-/m1/s1. The molecule has 0 aromatic rings. The number of ether oxygens (including phenoxy) is 3. The molecule has 0 N–H and O–H groups in total. The first-order chi connectivity index (χ1) is 33.7. The molecule has 0 aromatic carbocycles. The average molecular weight is 976 g/mol. The van der Waals surface area contributed by atoms with E-state index in [4.69, 9.17) is 14.2 Å². The van der Waals surface area contributed by atoms with Gasteiger partial charge in [0.1, 0.15) is 13.2 Å². The number of esters is 3. The third kappa shape index (κ3) is 57.2. The molecule has 1 atom stereocenters. The molecule has 69 heavy (non-hydrogen) atoms. The van der Waals surface area contributed by atoms with Crippen LogP contribution in [0.2, 0.25) is 0 Å². The predicted octanol–water partition coefficient (Wildman–Crippen LogP) is 20.8. The van der Waals surface area contributed by atoms with E-state index >= 15 is 0 Å². The number of carbonyl (C=O) groups is 3. The summed E-state index contributed by atoms with van der Waals surface area (Å²) in [6, 6.07) is 0. The van der Waals surface area contributed by atoms with Crippen LogP contribution >= 0.6 is 0 Å². The topological polar surface area (TPSA) is 78.9 Å². The van der Waals surface area contributed by atoms with Gasteiger partial charge in [-0.15, -0.1) is 0 Å². The molecule has 0 aliphatic carbocycles. The van der Waals surface area contributed by atoms with Crippen molar-refractivity contribution < 1.29 is 28.6 Å². The second-order valence-electron chi connectivity index (χ2n) is 22.6. The van der Waals surface area contributed by atoms with Crippen molar-refractivity contribution in [3.63, 3.8) is 0 Å². The Hall–Kier alpha value is -1.59. The van der Waals surface area contributed by atoms with Gasteiger partial charge in [0, 0.05) is 19.3 Å². The molecule has 0 bridgehead atoms. The Labute approximate surface area is 431 Å². The summed E-state index contributed by atoms with van der Waals surface area (Å²) in [5.74, 6) is 0.860. The van der Waals surface area contributed by atoms with Crippen molar-refractivity contribution in [2.24, 2.45) is 11.8 Å².